The first-order chi connectivity index (χ1) is 16.7. The van der Waals surface area contributed by atoms with Crippen LogP contribution in [-0.2, 0) is 6.42 Å². The molecule has 3 rings (SSSR count). The Morgan fingerprint density at radius 1 is 0.765 bits per heavy atom. The highest BCUT2D eigenvalue weighted by Gasteiger charge is 2.27. The summed E-state index contributed by atoms with van der Waals surface area (Å²) in [5.41, 5.74) is 5.87. The summed E-state index contributed by atoms with van der Waals surface area (Å²) in [5, 5.41) is 0. The number of benzene rings is 1. The van der Waals surface area contributed by atoms with Crippen LogP contribution in [0.3, 0.4) is 0 Å². The average Bonchev–Trinajstić information content (AvgIpc) is 2.89. The van der Waals surface area contributed by atoms with Crippen LogP contribution in [0.1, 0.15) is 134 Å². The summed E-state index contributed by atoms with van der Waals surface area (Å²) >= 11 is 0. The van der Waals surface area contributed by atoms with E-state index < -0.39 is 0 Å². The molecule has 1 aromatic heterocycles. The van der Waals surface area contributed by atoms with Gasteiger partial charge in [0.05, 0.1) is 0 Å². The fourth-order valence-electron chi connectivity index (χ4n) is 6.20. The molecule has 188 valence electrons. The van der Waals surface area contributed by atoms with E-state index in [1.807, 2.05) is 6.20 Å². The molecule has 0 amide bonds. The maximum Gasteiger partial charge on any atom is 0.0308 e. The van der Waals surface area contributed by atoms with Gasteiger partial charge in [0.1, 0.15) is 0 Å². The van der Waals surface area contributed by atoms with Crippen molar-refractivity contribution in [2.75, 3.05) is 0 Å². The van der Waals surface area contributed by atoms with Crippen molar-refractivity contribution < 1.29 is 0 Å². The van der Waals surface area contributed by atoms with Crippen molar-refractivity contribution >= 4 is 0 Å². The van der Waals surface area contributed by atoms with E-state index in [1.54, 1.807) is 0 Å². The number of nitrogens with zero attached hydrogens (tertiary/aromatic N) is 1. The highest BCUT2D eigenvalue weighted by atomic mass is 14.6. The number of aromatic nitrogens is 1. The number of aryl methyl sites for hydroxylation is 1. The molecule has 1 nitrogen and oxygen atoms in total. The quantitative estimate of drug-likeness (QED) is 0.240. The van der Waals surface area contributed by atoms with Crippen LogP contribution in [0.25, 0.3) is 11.1 Å². The van der Waals surface area contributed by atoms with Gasteiger partial charge < -0.3 is 0 Å². The van der Waals surface area contributed by atoms with Crippen LogP contribution >= 0.6 is 0 Å². The molecule has 1 aliphatic carbocycles. The fourth-order valence-corrected chi connectivity index (χ4v) is 6.20. The minimum absolute atomic E-state index is 0.590. The van der Waals surface area contributed by atoms with Gasteiger partial charge in [-0.3, -0.25) is 4.98 Å². The molecule has 1 unspecified atom stereocenters. The molecule has 1 heteroatoms. The molecule has 0 spiro atoms. The van der Waals surface area contributed by atoms with Crippen LogP contribution in [0.5, 0.6) is 0 Å². The van der Waals surface area contributed by atoms with Crippen molar-refractivity contribution in [3.63, 3.8) is 0 Å². The third-order valence-electron chi connectivity index (χ3n) is 8.51. The van der Waals surface area contributed by atoms with E-state index in [0.29, 0.717) is 5.92 Å². The second-order valence-corrected chi connectivity index (χ2v) is 11.1. The van der Waals surface area contributed by atoms with Gasteiger partial charge in [-0.1, -0.05) is 122 Å². The Morgan fingerprint density at radius 3 is 2.21 bits per heavy atom. The molecule has 1 saturated carbocycles. The zero-order chi connectivity index (χ0) is 24.0. The van der Waals surface area contributed by atoms with Gasteiger partial charge in [-0.2, -0.15) is 0 Å². The van der Waals surface area contributed by atoms with Crippen LogP contribution in [0, 0.1) is 11.8 Å². The highest BCUT2D eigenvalue weighted by Crippen LogP contribution is 2.42. The smallest absolute Gasteiger partial charge is 0.0308 e. The summed E-state index contributed by atoms with van der Waals surface area (Å²) in [6.45, 7) is 7.07. The first-order valence-electron chi connectivity index (χ1n) is 14.8. The topological polar surface area (TPSA) is 12.9 Å². The summed E-state index contributed by atoms with van der Waals surface area (Å²) in [6.07, 6.45) is 26.4. The molecule has 1 fully saturated rings. The van der Waals surface area contributed by atoms with E-state index in [4.69, 9.17) is 0 Å². The Hall–Kier alpha value is -1.63. The fraction of sp³-hybridized carbons (Fsp3) is 0.667. The Morgan fingerprint density at radius 2 is 1.44 bits per heavy atom. The molecule has 2 aromatic rings. The monoisotopic (exact) mass is 461 g/mol. The molecular weight excluding hydrogens is 410 g/mol. The second kappa shape index (κ2) is 15.4. The van der Waals surface area contributed by atoms with E-state index in [1.165, 1.54) is 125 Å². The first-order valence-corrected chi connectivity index (χ1v) is 14.8. The van der Waals surface area contributed by atoms with Crippen LogP contribution in [0.4, 0.5) is 0 Å². The molecule has 1 aliphatic rings. The lowest BCUT2D eigenvalue weighted by Gasteiger charge is -2.33. The van der Waals surface area contributed by atoms with Crippen LogP contribution in [0.2, 0.25) is 0 Å². The standard InChI is InChI=1S/C33H51N/c1-4-6-8-10-11-12-16-28-20-22-29(23-21-28)27(3)33-26-34-25-24-32(33)31-19-15-14-18-30(31)17-13-9-7-5-2/h14-15,18-19,24-29H,4-13,16-17,20-23H2,1-3H3. The lowest BCUT2D eigenvalue weighted by atomic mass is 9.72. The molecule has 0 aliphatic heterocycles. The Kier molecular flexibility index (Phi) is 12.2. The van der Waals surface area contributed by atoms with Gasteiger partial charge in [-0.05, 0) is 71.8 Å². The van der Waals surface area contributed by atoms with Crippen LogP contribution in [-0.4, -0.2) is 4.98 Å². The van der Waals surface area contributed by atoms with Gasteiger partial charge in [-0.15, -0.1) is 0 Å². The van der Waals surface area contributed by atoms with Crippen molar-refractivity contribution in [3.8, 4) is 11.1 Å². The maximum atomic E-state index is 4.59. The predicted molar refractivity (Wildman–Crippen MR) is 149 cm³/mol. The Labute approximate surface area is 211 Å². The van der Waals surface area contributed by atoms with E-state index in [-0.39, 0.29) is 0 Å². The zero-order valence-electron chi connectivity index (χ0n) is 22.5. The van der Waals surface area contributed by atoms with Crippen molar-refractivity contribution in [1.29, 1.82) is 0 Å². The summed E-state index contributed by atoms with van der Waals surface area (Å²) in [6, 6.07) is 11.4. The van der Waals surface area contributed by atoms with E-state index in [9.17, 15) is 0 Å². The normalized spacial score (nSPS) is 19.3. The Bertz CT molecular complexity index is 802. The molecule has 1 aromatic carbocycles. The largest absolute Gasteiger partial charge is 0.264 e. The SMILES string of the molecule is CCCCCCCCC1CCC(C(C)c2cnccc2-c2ccccc2CCCCCC)CC1. The number of rotatable bonds is 15. The van der Waals surface area contributed by atoms with E-state index >= 15 is 0 Å². The van der Waals surface area contributed by atoms with E-state index in [2.05, 4.69) is 62.3 Å². The van der Waals surface area contributed by atoms with Crippen molar-refractivity contribution in [3.05, 3.63) is 53.9 Å². The number of unbranched alkanes of at least 4 members (excludes halogenated alkanes) is 8. The number of hydrogen-bond acceptors (Lipinski definition) is 1. The average molecular weight is 462 g/mol. The summed E-state index contributed by atoms with van der Waals surface area (Å²) in [7, 11) is 0. The highest BCUT2D eigenvalue weighted by molar-refractivity contribution is 5.71. The van der Waals surface area contributed by atoms with E-state index in [0.717, 1.165) is 11.8 Å². The number of hydrogen-bond donors (Lipinski definition) is 0. The molecule has 1 atom stereocenters. The summed E-state index contributed by atoms with van der Waals surface area (Å²) in [5.74, 6) is 2.37. The third kappa shape index (κ3) is 8.24. The molecule has 34 heavy (non-hydrogen) atoms. The van der Waals surface area contributed by atoms with Crippen LogP contribution < -0.4 is 0 Å². The summed E-state index contributed by atoms with van der Waals surface area (Å²) < 4.78 is 0. The minimum Gasteiger partial charge on any atom is -0.264 e. The van der Waals surface area contributed by atoms with Gasteiger partial charge in [0.25, 0.3) is 0 Å². The van der Waals surface area contributed by atoms with Gasteiger partial charge in [0.15, 0.2) is 0 Å². The zero-order valence-corrected chi connectivity index (χ0v) is 22.5. The second-order valence-electron chi connectivity index (χ2n) is 11.1. The minimum atomic E-state index is 0.590. The van der Waals surface area contributed by atoms with Gasteiger partial charge in [-0.25, -0.2) is 0 Å². The van der Waals surface area contributed by atoms with Crippen molar-refractivity contribution in [2.45, 2.75) is 129 Å². The molecule has 0 saturated heterocycles. The predicted octanol–water partition coefficient (Wildman–Crippen LogP) is 10.5. The third-order valence-corrected chi connectivity index (χ3v) is 8.51. The number of pyridine rings is 1. The molecule has 0 bridgehead atoms. The molecular formula is C33H51N. The lowest BCUT2D eigenvalue weighted by Crippen LogP contribution is -2.20. The first kappa shape index (κ1) is 27.0. The molecule has 1 heterocycles. The lowest BCUT2D eigenvalue weighted by molar-refractivity contribution is 0.236. The molecule has 0 radical (unpaired) electrons. The molecule has 0 N–H and O–H groups in total. The Balaban J connectivity index is 1.58. The van der Waals surface area contributed by atoms with Crippen molar-refractivity contribution in [1.82, 2.24) is 4.98 Å². The van der Waals surface area contributed by atoms with Gasteiger partial charge in [0, 0.05) is 12.4 Å². The van der Waals surface area contributed by atoms with Gasteiger partial charge >= 0.3 is 0 Å². The van der Waals surface area contributed by atoms with Crippen molar-refractivity contribution in [2.24, 2.45) is 11.8 Å². The summed E-state index contributed by atoms with van der Waals surface area (Å²) in [4.78, 5) is 4.59. The maximum absolute atomic E-state index is 4.59. The van der Waals surface area contributed by atoms with Crippen LogP contribution in [0.15, 0.2) is 42.7 Å². The van der Waals surface area contributed by atoms with Gasteiger partial charge in [0.2, 0.25) is 0 Å².